The van der Waals surface area contributed by atoms with Gasteiger partial charge in [0, 0.05) is 6.04 Å². The van der Waals surface area contributed by atoms with Gasteiger partial charge in [-0.15, -0.1) is 0 Å². The van der Waals surface area contributed by atoms with Crippen LogP contribution in [0.15, 0.2) is 24.3 Å². The summed E-state index contributed by atoms with van der Waals surface area (Å²) in [7, 11) is 0. The second-order valence-electron chi connectivity index (χ2n) is 5.64. The zero-order valence-corrected chi connectivity index (χ0v) is 11.9. The summed E-state index contributed by atoms with van der Waals surface area (Å²) in [5.41, 5.74) is 6.41. The highest BCUT2D eigenvalue weighted by Gasteiger charge is 2.42. The number of carbonyl (C=O) groups is 1. The molecule has 3 nitrogen and oxygen atoms in total. The number of esters is 1. The molecular weight excluding hydrogens is 257 g/mol. The van der Waals surface area contributed by atoms with Crippen LogP contribution >= 0.6 is 0 Å². The largest absolute Gasteiger partial charge is 0.466 e. The average molecular weight is 279 g/mol. The molecule has 1 aliphatic rings. The third-order valence-electron chi connectivity index (χ3n) is 4.15. The molecule has 1 saturated carbocycles. The van der Waals surface area contributed by atoms with Gasteiger partial charge < -0.3 is 10.5 Å². The quantitative estimate of drug-likeness (QED) is 0.862. The molecule has 0 atom stereocenters. The Labute approximate surface area is 119 Å². The fraction of sp³-hybridized carbons (Fsp3) is 0.562. The van der Waals surface area contributed by atoms with Gasteiger partial charge in [-0.05, 0) is 56.7 Å². The van der Waals surface area contributed by atoms with Crippen molar-refractivity contribution < 1.29 is 13.9 Å². The van der Waals surface area contributed by atoms with Gasteiger partial charge in [0.05, 0.1) is 12.0 Å². The second kappa shape index (κ2) is 6.35. The fourth-order valence-corrected chi connectivity index (χ4v) is 2.92. The molecule has 0 aliphatic heterocycles. The van der Waals surface area contributed by atoms with Crippen molar-refractivity contribution in [1.82, 2.24) is 0 Å². The highest BCUT2D eigenvalue weighted by molar-refractivity contribution is 5.77. The van der Waals surface area contributed by atoms with Crippen molar-refractivity contribution in [3.63, 3.8) is 0 Å². The van der Waals surface area contributed by atoms with E-state index >= 15 is 0 Å². The standard InChI is InChI=1S/C16H22FNO2/c1-2-20-15(19)16(9-7-14(18)8-10-16)11-12-3-5-13(17)6-4-12/h3-6,14H,2,7-11,18H2,1H3. The Balaban J connectivity index is 2.18. The Morgan fingerprint density at radius 2 is 1.95 bits per heavy atom. The molecule has 0 radical (unpaired) electrons. The Hall–Kier alpha value is -1.42. The fourth-order valence-electron chi connectivity index (χ4n) is 2.92. The maximum Gasteiger partial charge on any atom is 0.312 e. The first-order valence-electron chi connectivity index (χ1n) is 7.23. The van der Waals surface area contributed by atoms with E-state index in [0.29, 0.717) is 13.0 Å². The van der Waals surface area contributed by atoms with Crippen LogP contribution in [-0.2, 0) is 16.0 Å². The lowest BCUT2D eigenvalue weighted by Gasteiger charge is -2.37. The molecule has 0 heterocycles. The minimum absolute atomic E-state index is 0.142. The second-order valence-corrected chi connectivity index (χ2v) is 5.64. The number of rotatable bonds is 4. The van der Waals surface area contributed by atoms with Crippen molar-refractivity contribution in [2.75, 3.05) is 6.61 Å². The molecule has 0 saturated heterocycles. The Morgan fingerprint density at radius 1 is 1.35 bits per heavy atom. The van der Waals surface area contributed by atoms with Crippen LogP contribution in [0.2, 0.25) is 0 Å². The smallest absolute Gasteiger partial charge is 0.312 e. The van der Waals surface area contributed by atoms with Crippen LogP contribution in [0, 0.1) is 11.2 Å². The first-order chi connectivity index (χ1) is 9.55. The first-order valence-corrected chi connectivity index (χ1v) is 7.23. The van der Waals surface area contributed by atoms with Gasteiger partial charge in [-0.25, -0.2) is 4.39 Å². The van der Waals surface area contributed by atoms with Gasteiger partial charge in [0.25, 0.3) is 0 Å². The van der Waals surface area contributed by atoms with Crippen molar-refractivity contribution in [2.45, 2.75) is 45.1 Å². The maximum atomic E-state index is 13.0. The van der Waals surface area contributed by atoms with Crippen LogP contribution in [0.5, 0.6) is 0 Å². The summed E-state index contributed by atoms with van der Waals surface area (Å²) in [4.78, 5) is 12.4. The van der Waals surface area contributed by atoms with Crippen molar-refractivity contribution in [3.8, 4) is 0 Å². The van der Waals surface area contributed by atoms with E-state index in [2.05, 4.69) is 0 Å². The van der Waals surface area contributed by atoms with E-state index in [0.717, 1.165) is 31.2 Å². The number of halogens is 1. The number of carbonyl (C=O) groups excluding carboxylic acids is 1. The zero-order valence-electron chi connectivity index (χ0n) is 11.9. The lowest BCUT2D eigenvalue weighted by Crippen LogP contribution is -2.42. The summed E-state index contributed by atoms with van der Waals surface area (Å²) < 4.78 is 18.2. The zero-order chi connectivity index (χ0) is 14.6. The molecule has 4 heteroatoms. The molecular formula is C16H22FNO2. The Kier molecular flexibility index (Phi) is 4.76. The molecule has 1 aromatic rings. The van der Waals surface area contributed by atoms with E-state index in [4.69, 9.17) is 10.5 Å². The van der Waals surface area contributed by atoms with Crippen molar-refractivity contribution in [3.05, 3.63) is 35.6 Å². The van der Waals surface area contributed by atoms with E-state index in [-0.39, 0.29) is 17.8 Å². The molecule has 0 aromatic heterocycles. The van der Waals surface area contributed by atoms with Gasteiger partial charge in [-0.2, -0.15) is 0 Å². The molecule has 110 valence electrons. The molecule has 20 heavy (non-hydrogen) atoms. The van der Waals surface area contributed by atoms with Gasteiger partial charge in [-0.3, -0.25) is 4.79 Å². The molecule has 1 aliphatic carbocycles. The molecule has 0 amide bonds. The van der Waals surface area contributed by atoms with Crippen LogP contribution < -0.4 is 5.73 Å². The Bertz CT molecular complexity index is 450. The molecule has 2 N–H and O–H groups in total. The normalized spacial score (nSPS) is 26.2. The van der Waals surface area contributed by atoms with E-state index < -0.39 is 5.41 Å². The SMILES string of the molecule is CCOC(=O)C1(Cc2ccc(F)cc2)CCC(N)CC1. The van der Waals surface area contributed by atoms with Crippen molar-refractivity contribution in [2.24, 2.45) is 11.1 Å². The summed E-state index contributed by atoms with van der Waals surface area (Å²) in [5.74, 6) is -0.402. The topological polar surface area (TPSA) is 52.3 Å². The van der Waals surface area contributed by atoms with E-state index in [1.807, 2.05) is 6.92 Å². The monoisotopic (exact) mass is 279 g/mol. The third kappa shape index (κ3) is 3.37. The molecule has 1 aromatic carbocycles. The molecule has 2 rings (SSSR count). The Morgan fingerprint density at radius 3 is 2.50 bits per heavy atom. The summed E-state index contributed by atoms with van der Waals surface area (Å²) >= 11 is 0. The minimum atomic E-state index is -0.496. The number of hydrogen-bond donors (Lipinski definition) is 1. The van der Waals surface area contributed by atoms with E-state index in [1.54, 1.807) is 12.1 Å². The third-order valence-corrected chi connectivity index (χ3v) is 4.15. The van der Waals surface area contributed by atoms with E-state index in [1.165, 1.54) is 12.1 Å². The predicted molar refractivity (Wildman–Crippen MR) is 75.6 cm³/mol. The summed E-state index contributed by atoms with van der Waals surface area (Å²) in [5, 5.41) is 0. The van der Waals surface area contributed by atoms with E-state index in [9.17, 15) is 9.18 Å². The molecule has 0 bridgehead atoms. The lowest BCUT2D eigenvalue weighted by molar-refractivity contribution is -0.157. The van der Waals surface area contributed by atoms with Gasteiger partial charge in [0.2, 0.25) is 0 Å². The van der Waals surface area contributed by atoms with Gasteiger partial charge in [-0.1, -0.05) is 12.1 Å². The lowest BCUT2D eigenvalue weighted by atomic mass is 9.69. The summed E-state index contributed by atoms with van der Waals surface area (Å²) in [6.07, 6.45) is 3.74. The average Bonchev–Trinajstić information content (AvgIpc) is 2.44. The summed E-state index contributed by atoms with van der Waals surface area (Å²) in [6.45, 7) is 2.20. The molecule has 1 fully saturated rings. The van der Waals surface area contributed by atoms with Crippen LogP contribution in [0.4, 0.5) is 4.39 Å². The summed E-state index contributed by atoms with van der Waals surface area (Å²) in [6, 6.07) is 6.52. The minimum Gasteiger partial charge on any atom is -0.466 e. The van der Waals surface area contributed by atoms with Crippen molar-refractivity contribution >= 4 is 5.97 Å². The van der Waals surface area contributed by atoms with Crippen LogP contribution in [0.1, 0.15) is 38.2 Å². The predicted octanol–water partition coefficient (Wildman–Crippen LogP) is 2.82. The first kappa shape index (κ1) is 15.0. The van der Waals surface area contributed by atoms with Gasteiger partial charge in [0.15, 0.2) is 0 Å². The highest BCUT2D eigenvalue weighted by Crippen LogP contribution is 2.40. The number of benzene rings is 1. The van der Waals surface area contributed by atoms with Gasteiger partial charge >= 0.3 is 5.97 Å². The molecule has 0 spiro atoms. The van der Waals surface area contributed by atoms with Crippen molar-refractivity contribution in [1.29, 1.82) is 0 Å². The highest BCUT2D eigenvalue weighted by atomic mass is 19.1. The molecule has 0 unspecified atom stereocenters. The van der Waals surface area contributed by atoms with Crippen LogP contribution in [-0.4, -0.2) is 18.6 Å². The van der Waals surface area contributed by atoms with Gasteiger partial charge in [0.1, 0.15) is 5.82 Å². The van der Waals surface area contributed by atoms with Crippen LogP contribution in [0.25, 0.3) is 0 Å². The number of nitrogens with two attached hydrogens (primary N) is 1. The maximum absolute atomic E-state index is 13.0. The van der Waals surface area contributed by atoms with Crippen LogP contribution in [0.3, 0.4) is 0 Å². The number of hydrogen-bond acceptors (Lipinski definition) is 3. The number of ether oxygens (including phenoxy) is 1.